The van der Waals surface area contributed by atoms with Crippen molar-refractivity contribution in [1.29, 1.82) is 0 Å². The molecule has 1 aliphatic rings. The fraction of sp³-hybridized carbons (Fsp3) is 0.462. The first kappa shape index (κ1) is 15.6. The van der Waals surface area contributed by atoms with E-state index in [2.05, 4.69) is 15.4 Å². The average molecular weight is 303 g/mol. The quantitative estimate of drug-likeness (QED) is 0.772. The van der Waals surface area contributed by atoms with Gasteiger partial charge in [0, 0.05) is 19.1 Å². The van der Waals surface area contributed by atoms with Gasteiger partial charge in [0.2, 0.25) is 5.91 Å². The van der Waals surface area contributed by atoms with Crippen LogP contribution in [0.1, 0.15) is 12.0 Å². The molecule has 4 N–H and O–H groups in total. The normalized spacial score (nSPS) is 22.1. The highest BCUT2D eigenvalue weighted by atomic mass is 19.4. The van der Waals surface area contributed by atoms with Crippen molar-refractivity contribution in [3.63, 3.8) is 0 Å². The molecule has 1 aromatic rings. The highest BCUT2D eigenvalue weighted by Gasteiger charge is 2.31. The molecular formula is C13H16F3N3O2. The Morgan fingerprint density at radius 2 is 2.24 bits per heavy atom. The summed E-state index contributed by atoms with van der Waals surface area (Å²) in [5.41, 5.74) is 6.20. The van der Waals surface area contributed by atoms with Gasteiger partial charge in [-0.05, 0) is 24.1 Å². The van der Waals surface area contributed by atoms with Crippen molar-refractivity contribution in [3.05, 3.63) is 29.8 Å². The van der Waals surface area contributed by atoms with Crippen LogP contribution in [-0.2, 0) is 11.3 Å². The largest absolute Gasteiger partial charge is 0.573 e. The molecule has 0 bridgehead atoms. The molecule has 1 heterocycles. The van der Waals surface area contributed by atoms with Gasteiger partial charge in [0.05, 0.1) is 6.04 Å². The van der Waals surface area contributed by atoms with Crippen LogP contribution in [0.5, 0.6) is 5.75 Å². The zero-order chi connectivity index (χ0) is 15.5. The van der Waals surface area contributed by atoms with Crippen LogP contribution in [0.3, 0.4) is 0 Å². The molecule has 1 amide bonds. The van der Waals surface area contributed by atoms with Crippen molar-refractivity contribution < 1.29 is 22.7 Å². The SMILES string of the molecule is N[C@@H]1CN[C@H](C(=O)NCc2cccc(OC(F)(F)F)c2)C1. The Labute approximate surface area is 119 Å². The van der Waals surface area contributed by atoms with Crippen LogP contribution in [0.25, 0.3) is 0 Å². The number of amides is 1. The van der Waals surface area contributed by atoms with Crippen molar-refractivity contribution in [2.45, 2.75) is 31.4 Å². The maximum Gasteiger partial charge on any atom is 0.573 e. The van der Waals surface area contributed by atoms with Crippen LogP contribution < -0.4 is 21.1 Å². The van der Waals surface area contributed by atoms with Gasteiger partial charge in [-0.1, -0.05) is 12.1 Å². The van der Waals surface area contributed by atoms with E-state index >= 15 is 0 Å². The summed E-state index contributed by atoms with van der Waals surface area (Å²) in [7, 11) is 0. The highest BCUT2D eigenvalue weighted by molar-refractivity contribution is 5.82. The molecular weight excluding hydrogens is 287 g/mol. The molecule has 0 spiro atoms. The zero-order valence-corrected chi connectivity index (χ0v) is 11.1. The van der Waals surface area contributed by atoms with Crippen molar-refractivity contribution in [3.8, 4) is 5.75 Å². The number of nitrogens with one attached hydrogen (secondary N) is 2. The fourth-order valence-electron chi connectivity index (χ4n) is 2.13. The Bertz CT molecular complexity index is 508. The predicted molar refractivity (Wildman–Crippen MR) is 69.4 cm³/mol. The fourth-order valence-corrected chi connectivity index (χ4v) is 2.13. The molecule has 0 aliphatic carbocycles. The Hall–Kier alpha value is -1.80. The number of hydrogen-bond acceptors (Lipinski definition) is 4. The van der Waals surface area contributed by atoms with Crippen LogP contribution in [0.4, 0.5) is 13.2 Å². The number of benzene rings is 1. The number of nitrogens with two attached hydrogens (primary N) is 1. The van der Waals surface area contributed by atoms with Crippen molar-refractivity contribution in [1.82, 2.24) is 10.6 Å². The van der Waals surface area contributed by atoms with Gasteiger partial charge in [0.15, 0.2) is 0 Å². The molecule has 0 radical (unpaired) electrons. The molecule has 5 nitrogen and oxygen atoms in total. The minimum Gasteiger partial charge on any atom is -0.406 e. The number of carbonyl (C=O) groups is 1. The van der Waals surface area contributed by atoms with Gasteiger partial charge in [0.25, 0.3) is 0 Å². The molecule has 0 unspecified atom stereocenters. The third-order valence-electron chi connectivity index (χ3n) is 3.08. The minimum atomic E-state index is -4.73. The molecule has 8 heteroatoms. The summed E-state index contributed by atoms with van der Waals surface area (Å²) in [6.07, 6.45) is -4.19. The first-order valence-corrected chi connectivity index (χ1v) is 6.45. The van der Waals surface area contributed by atoms with Gasteiger partial charge in [-0.3, -0.25) is 4.79 Å². The Morgan fingerprint density at radius 3 is 2.86 bits per heavy atom. The molecule has 21 heavy (non-hydrogen) atoms. The van der Waals surface area contributed by atoms with Gasteiger partial charge in [0.1, 0.15) is 5.75 Å². The van der Waals surface area contributed by atoms with Crippen molar-refractivity contribution in [2.75, 3.05) is 6.54 Å². The molecule has 1 fully saturated rings. The second-order valence-electron chi connectivity index (χ2n) is 4.87. The topological polar surface area (TPSA) is 76.4 Å². The first-order valence-electron chi connectivity index (χ1n) is 6.45. The lowest BCUT2D eigenvalue weighted by molar-refractivity contribution is -0.274. The van der Waals surface area contributed by atoms with E-state index < -0.39 is 6.36 Å². The van der Waals surface area contributed by atoms with Crippen LogP contribution in [0.2, 0.25) is 0 Å². The number of alkyl halides is 3. The van der Waals surface area contributed by atoms with E-state index in [1.165, 1.54) is 18.2 Å². The summed E-state index contributed by atoms with van der Waals surface area (Å²) in [6, 6.07) is 5.08. The van der Waals surface area contributed by atoms with Gasteiger partial charge in [-0.2, -0.15) is 0 Å². The number of halogens is 3. The maximum absolute atomic E-state index is 12.1. The van der Waals surface area contributed by atoms with Crippen LogP contribution in [0, 0.1) is 0 Å². The highest BCUT2D eigenvalue weighted by Crippen LogP contribution is 2.23. The molecule has 1 aliphatic heterocycles. The van der Waals surface area contributed by atoms with Gasteiger partial charge >= 0.3 is 6.36 Å². The number of hydrogen-bond donors (Lipinski definition) is 3. The smallest absolute Gasteiger partial charge is 0.406 e. The van der Waals surface area contributed by atoms with E-state index in [1.54, 1.807) is 6.07 Å². The summed E-state index contributed by atoms with van der Waals surface area (Å²) >= 11 is 0. The molecule has 1 aromatic carbocycles. The second-order valence-corrected chi connectivity index (χ2v) is 4.87. The van der Waals surface area contributed by atoms with Gasteiger partial charge in [-0.25, -0.2) is 0 Å². The molecule has 1 saturated heterocycles. The predicted octanol–water partition coefficient (Wildman–Crippen LogP) is 0.891. The monoisotopic (exact) mass is 303 g/mol. The lowest BCUT2D eigenvalue weighted by Gasteiger charge is -2.12. The van der Waals surface area contributed by atoms with E-state index in [4.69, 9.17) is 5.73 Å². The number of ether oxygens (including phenoxy) is 1. The summed E-state index contributed by atoms with van der Waals surface area (Å²) in [5.74, 6) is -0.527. The Morgan fingerprint density at radius 1 is 1.48 bits per heavy atom. The number of carbonyl (C=O) groups excluding carboxylic acids is 1. The Kier molecular flexibility index (Phi) is 4.69. The lowest BCUT2D eigenvalue weighted by atomic mass is 10.1. The maximum atomic E-state index is 12.1. The van der Waals surface area contributed by atoms with E-state index in [1.807, 2.05) is 0 Å². The van der Waals surface area contributed by atoms with Gasteiger partial charge in [-0.15, -0.1) is 13.2 Å². The third-order valence-corrected chi connectivity index (χ3v) is 3.08. The van der Waals surface area contributed by atoms with Crippen LogP contribution in [-0.4, -0.2) is 30.9 Å². The van der Waals surface area contributed by atoms with E-state index in [0.29, 0.717) is 18.5 Å². The molecule has 0 aromatic heterocycles. The Balaban J connectivity index is 1.88. The van der Waals surface area contributed by atoms with Crippen LogP contribution >= 0.6 is 0 Å². The lowest BCUT2D eigenvalue weighted by Crippen LogP contribution is -2.40. The summed E-state index contributed by atoms with van der Waals surface area (Å²) in [6.45, 7) is 0.703. The molecule has 116 valence electrons. The summed E-state index contributed by atoms with van der Waals surface area (Å²) in [5, 5.41) is 5.63. The van der Waals surface area contributed by atoms with E-state index in [9.17, 15) is 18.0 Å². The molecule has 2 rings (SSSR count). The van der Waals surface area contributed by atoms with Crippen molar-refractivity contribution >= 4 is 5.91 Å². The minimum absolute atomic E-state index is 0.0516. The van der Waals surface area contributed by atoms with Crippen LogP contribution in [0.15, 0.2) is 24.3 Å². The molecule has 2 atom stereocenters. The average Bonchev–Trinajstić information content (AvgIpc) is 2.81. The summed E-state index contributed by atoms with van der Waals surface area (Å²) < 4.78 is 40.2. The second kappa shape index (κ2) is 6.31. The van der Waals surface area contributed by atoms with Gasteiger partial charge < -0.3 is 21.1 Å². The first-order chi connectivity index (χ1) is 9.83. The standard InChI is InChI=1S/C13H16F3N3O2/c14-13(15,16)21-10-3-1-2-8(4-10)6-19-12(20)11-5-9(17)7-18-11/h1-4,9,11,18H,5-7,17H2,(H,19,20)/t9-,11-/m0/s1. The summed E-state index contributed by atoms with van der Waals surface area (Å²) in [4.78, 5) is 11.8. The molecule has 0 saturated carbocycles. The van der Waals surface area contributed by atoms with E-state index in [0.717, 1.165) is 0 Å². The number of rotatable bonds is 4. The van der Waals surface area contributed by atoms with Crippen molar-refractivity contribution in [2.24, 2.45) is 5.73 Å². The van der Waals surface area contributed by atoms with E-state index in [-0.39, 0.29) is 30.3 Å². The zero-order valence-electron chi connectivity index (χ0n) is 11.1. The third kappa shape index (κ3) is 4.91.